The Labute approximate surface area is 179 Å². The third-order valence-electron chi connectivity index (χ3n) is 5.18. The minimum absolute atomic E-state index is 0.165. The van der Waals surface area contributed by atoms with Gasteiger partial charge in [-0.15, -0.1) is 0 Å². The van der Waals surface area contributed by atoms with Crippen molar-refractivity contribution in [1.82, 2.24) is 4.90 Å². The lowest BCUT2D eigenvalue weighted by Gasteiger charge is -2.33. The number of morpholine rings is 1. The van der Waals surface area contributed by atoms with Crippen LogP contribution < -0.4 is 10.1 Å². The third kappa shape index (κ3) is 4.67. The van der Waals surface area contributed by atoms with Crippen LogP contribution in [0.1, 0.15) is 22.0 Å². The van der Waals surface area contributed by atoms with Gasteiger partial charge in [0.05, 0.1) is 31.5 Å². The van der Waals surface area contributed by atoms with E-state index in [1.807, 2.05) is 36.4 Å². The van der Waals surface area contributed by atoms with Gasteiger partial charge in [-0.05, 0) is 42.0 Å². The van der Waals surface area contributed by atoms with Gasteiger partial charge in [-0.3, -0.25) is 4.79 Å². The molecular weight excluding hydrogens is 402 g/mol. The highest BCUT2D eigenvalue weighted by molar-refractivity contribution is 6.00. The molecule has 3 aromatic rings. The topological polar surface area (TPSA) is 50.8 Å². The minimum atomic E-state index is -0.933. The van der Waals surface area contributed by atoms with E-state index in [1.165, 1.54) is 6.07 Å². The highest BCUT2D eigenvalue weighted by Gasteiger charge is 2.28. The summed E-state index contributed by atoms with van der Waals surface area (Å²) in [5, 5.41) is 3.27. The van der Waals surface area contributed by atoms with Gasteiger partial charge in [-0.2, -0.15) is 0 Å². The summed E-state index contributed by atoms with van der Waals surface area (Å²) >= 11 is 0. The number of carbonyl (C=O) groups is 1. The Morgan fingerprint density at radius 3 is 2.71 bits per heavy atom. The zero-order chi connectivity index (χ0) is 21.8. The zero-order valence-electron chi connectivity index (χ0n) is 17.0. The maximum absolute atomic E-state index is 13.6. The molecule has 3 aromatic carbocycles. The summed E-state index contributed by atoms with van der Waals surface area (Å²) in [6, 6.07) is 18.3. The summed E-state index contributed by atoms with van der Waals surface area (Å²) in [5.74, 6) is -1.30. The van der Waals surface area contributed by atoms with Gasteiger partial charge < -0.3 is 19.7 Å². The highest BCUT2D eigenvalue weighted by atomic mass is 19.2. The molecule has 0 bridgehead atoms. The SMILES string of the molecule is COc1cccc(Nc2ccccc2C(=O)N2CCOC(c3ccc(F)c(F)c3)C2)c1. The third-order valence-corrected chi connectivity index (χ3v) is 5.18. The first kappa shape index (κ1) is 20.8. The first-order valence-corrected chi connectivity index (χ1v) is 9.91. The smallest absolute Gasteiger partial charge is 0.256 e. The number of ether oxygens (including phenoxy) is 2. The predicted molar refractivity (Wildman–Crippen MR) is 114 cm³/mol. The van der Waals surface area contributed by atoms with Crippen molar-refractivity contribution in [2.75, 3.05) is 32.1 Å². The summed E-state index contributed by atoms with van der Waals surface area (Å²) in [4.78, 5) is 15.0. The van der Waals surface area contributed by atoms with Gasteiger partial charge in [0.15, 0.2) is 11.6 Å². The molecular formula is C24H22F2N2O3. The van der Waals surface area contributed by atoms with E-state index in [4.69, 9.17) is 9.47 Å². The van der Waals surface area contributed by atoms with Crippen LogP contribution in [0, 0.1) is 11.6 Å². The molecule has 1 saturated heterocycles. The van der Waals surface area contributed by atoms with Crippen molar-refractivity contribution in [3.63, 3.8) is 0 Å². The van der Waals surface area contributed by atoms with E-state index in [-0.39, 0.29) is 12.5 Å². The Hall–Kier alpha value is -3.45. The molecule has 1 fully saturated rings. The lowest BCUT2D eigenvalue weighted by molar-refractivity contribution is -0.0229. The molecule has 1 unspecified atom stereocenters. The van der Waals surface area contributed by atoms with Crippen LogP contribution in [0.15, 0.2) is 66.7 Å². The number of carbonyl (C=O) groups excluding carboxylic acids is 1. The number of nitrogens with zero attached hydrogens (tertiary/aromatic N) is 1. The molecule has 0 aromatic heterocycles. The number of anilines is 2. The summed E-state index contributed by atoms with van der Waals surface area (Å²) < 4.78 is 37.9. The van der Waals surface area contributed by atoms with E-state index in [0.717, 1.165) is 17.8 Å². The van der Waals surface area contributed by atoms with Gasteiger partial charge in [0, 0.05) is 18.3 Å². The van der Waals surface area contributed by atoms with Crippen LogP contribution >= 0.6 is 0 Å². The molecule has 0 spiro atoms. The van der Waals surface area contributed by atoms with E-state index < -0.39 is 17.7 Å². The van der Waals surface area contributed by atoms with Crippen molar-refractivity contribution in [2.45, 2.75) is 6.10 Å². The highest BCUT2D eigenvalue weighted by Crippen LogP contribution is 2.28. The van der Waals surface area contributed by atoms with Gasteiger partial charge in [-0.25, -0.2) is 8.78 Å². The van der Waals surface area contributed by atoms with Crippen LogP contribution in [0.2, 0.25) is 0 Å². The van der Waals surface area contributed by atoms with Gasteiger partial charge in [0.1, 0.15) is 11.9 Å². The molecule has 1 aliphatic heterocycles. The van der Waals surface area contributed by atoms with E-state index in [9.17, 15) is 13.6 Å². The number of halogens is 2. The molecule has 1 amide bonds. The standard InChI is InChI=1S/C24H22F2N2O3/c1-30-18-6-4-5-17(14-18)27-22-8-3-2-7-19(22)24(29)28-11-12-31-23(15-28)16-9-10-20(25)21(26)13-16/h2-10,13-14,23,27H,11-12,15H2,1H3. The lowest BCUT2D eigenvalue weighted by Crippen LogP contribution is -2.42. The van der Waals surface area contributed by atoms with Crippen molar-refractivity contribution in [1.29, 1.82) is 0 Å². The van der Waals surface area contributed by atoms with Crippen molar-refractivity contribution < 1.29 is 23.0 Å². The van der Waals surface area contributed by atoms with Crippen molar-refractivity contribution in [3.8, 4) is 5.75 Å². The fourth-order valence-corrected chi connectivity index (χ4v) is 3.55. The number of rotatable bonds is 5. The second kappa shape index (κ2) is 9.14. The number of hydrogen-bond acceptors (Lipinski definition) is 4. The molecule has 160 valence electrons. The average Bonchev–Trinajstić information content (AvgIpc) is 2.81. The number of para-hydroxylation sites is 1. The molecule has 0 aliphatic carbocycles. The second-order valence-corrected chi connectivity index (χ2v) is 7.19. The number of benzene rings is 3. The molecule has 1 heterocycles. The minimum Gasteiger partial charge on any atom is -0.497 e. The normalized spacial score (nSPS) is 16.1. The number of hydrogen-bond donors (Lipinski definition) is 1. The Morgan fingerprint density at radius 2 is 1.90 bits per heavy atom. The second-order valence-electron chi connectivity index (χ2n) is 7.19. The van der Waals surface area contributed by atoms with Crippen LogP contribution in [-0.4, -0.2) is 37.6 Å². The maximum atomic E-state index is 13.6. The first-order chi connectivity index (χ1) is 15.0. The van der Waals surface area contributed by atoms with Crippen LogP contribution in [0.5, 0.6) is 5.75 Å². The Bertz CT molecular complexity index is 1090. The molecule has 0 saturated carbocycles. The molecule has 0 radical (unpaired) electrons. The molecule has 5 nitrogen and oxygen atoms in total. The molecule has 1 atom stereocenters. The zero-order valence-corrected chi connectivity index (χ0v) is 17.0. The molecule has 31 heavy (non-hydrogen) atoms. The average molecular weight is 424 g/mol. The summed E-state index contributed by atoms with van der Waals surface area (Å²) in [7, 11) is 1.60. The van der Waals surface area contributed by atoms with Crippen LogP contribution in [-0.2, 0) is 4.74 Å². The van der Waals surface area contributed by atoms with Crippen molar-refractivity contribution >= 4 is 17.3 Å². The van der Waals surface area contributed by atoms with Crippen LogP contribution in [0.3, 0.4) is 0 Å². The fourth-order valence-electron chi connectivity index (χ4n) is 3.55. The van der Waals surface area contributed by atoms with Gasteiger partial charge in [-0.1, -0.05) is 24.3 Å². The molecule has 1 N–H and O–H groups in total. The number of methoxy groups -OCH3 is 1. The van der Waals surface area contributed by atoms with Crippen LogP contribution in [0.25, 0.3) is 0 Å². The Kier molecular flexibility index (Phi) is 6.13. The van der Waals surface area contributed by atoms with E-state index in [2.05, 4.69) is 5.32 Å². The summed E-state index contributed by atoms with van der Waals surface area (Å²) in [6.45, 7) is 0.963. The largest absolute Gasteiger partial charge is 0.497 e. The van der Waals surface area contributed by atoms with Gasteiger partial charge in [0.2, 0.25) is 0 Å². The predicted octanol–water partition coefficient (Wildman–Crippen LogP) is 4.93. The maximum Gasteiger partial charge on any atom is 0.256 e. The number of nitrogens with one attached hydrogen (secondary N) is 1. The Morgan fingerprint density at radius 1 is 1.06 bits per heavy atom. The Balaban J connectivity index is 1.54. The van der Waals surface area contributed by atoms with E-state index in [0.29, 0.717) is 35.7 Å². The van der Waals surface area contributed by atoms with Crippen molar-refractivity contribution in [2.24, 2.45) is 0 Å². The van der Waals surface area contributed by atoms with Crippen molar-refractivity contribution in [3.05, 3.63) is 89.5 Å². The molecule has 7 heteroatoms. The fraction of sp³-hybridized carbons (Fsp3) is 0.208. The summed E-state index contributed by atoms with van der Waals surface area (Å²) in [5.41, 5.74) is 2.47. The molecule has 1 aliphatic rings. The van der Waals surface area contributed by atoms with Crippen LogP contribution in [0.4, 0.5) is 20.2 Å². The molecule has 4 rings (SSSR count). The van der Waals surface area contributed by atoms with E-state index in [1.54, 1.807) is 24.1 Å². The van der Waals surface area contributed by atoms with E-state index >= 15 is 0 Å². The van der Waals surface area contributed by atoms with Gasteiger partial charge in [0.25, 0.3) is 5.91 Å². The summed E-state index contributed by atoms with van der Waals surface area (Å²) in [6.07, 6.45) is -0.522. The van der Waals surface area contributed by atoms with Gasteiger partial charge >= 0.3 is 0 Å². The first-order valence-electron chi connectivity index (χ1n) is 9.91. The monoisotopic (exact) mass is 424 g/mol. The quantitative estimate of drug-likeness (QED) is 0.631. The lowest BCUT2D eigenvalue weighted by atomic mass is 10.1. The number of amides is 1.